The van der Waals surface area contributed by atoms with Crippen molar-refractivity contribution < 1.29 is 14.2 Å². The van der Waals surface area contributed by atoms with Gasteiger partial charge in [0.05, 0.1) is 32.3 Å². The predicted molar refractivity (Wildman–Crippen MR) is 123 cm³/mol. The zero-order valence-corrected chi connectivity index (χ0v) is 17.7. The van der Waals surface area contributed by atoms with Crippen molar-refractivity contribution in [2.24, 2.45) is 0 Å². The Hall–Kier alpha value is -3.45. The first-order valence-corrected chi connectivity index (χ1v) is 10.4. The van der Waals surface area contributed by atoms with E-state index in [0.29, 0.717) is 18.0 Å². The number of nitrogens with two attached hydrogens (primary N) is 1. The number of aromatic nitrogens is 1. The Labute approximate surface area is 181 Å². The molecule has 0 bridgehead atoms. The minimum Gasteiger partial charge on any atom is -0.493 e. The Morgan fingerprint density at radius 1 is 1.13 bits per heavy atom. The predicted octanol–water partition coefficient (Wildman–Crippen LogP) is 3.57. The molecule has 3 aromatic rings. The smallest absolute Gasteiger partial charge is 0.168 e. The molecule has 0 saturated carbocycles. The van der Waals surface area contributed by atoms with Crippen LogP contribution < -0.4 is 30.2 Å². The van der Waals surface area contributed by atoms with Crippen LogP contribution in [0.1, 0.15) is 17.5 Å². The summed E-state index contributed by atoms with van der Waals surface area (Å²) in [5, 5.41) is 5.22. The molecule has 3 heterocycles. The second kappa shape index (κ2) is 8.00. The largest absolute Gasteiger partial charge is 0.493 e. The van der Waals surface area contributed by atoms with Gasteiger partial charge in [0, 0.05) is 47.4 Å². The number of benzene rings is 2. The molecule has 31 heavy (non-hydrogen) atoms. The Morgan fingerprint density at radius 2 is 2.03 bits per heavy atom. The summed E-state index contributed by atoms with van der Waals surface area (Å²) in [6.07, 6.45) is 8.93. The van der Waals surface area contributed by atoms with Crippen LogP contribution in [0.15, 0.2) is 42.9 Å². The SMILES string of the molecule is COc1ccc2c(N)c3c(cc2c1OC)CN(c1cncc(O[C@@H]2CCNC2)c1)C=C3. The molecule has 2 aromatic carbocycles. The van der Waals surface area contributed by atoms with Crippen LogP contribution in [0.25, 0.3) is 16.8 Å². The molecule has 2 aliphatic rings. The van der Waals surface area contributed by atoms with Crippen molar-refractivity contribution in [2.75, 3.05) is 37.9 Å². The van der Waals surface area contributed by atoms with Crippen LogP contribution >= 0.6 is 0 Å². The van der Waals surface area contributed by atoms with E-state index in [1.54, 1.807) is 20.4 Å². The fraction of sp³-hybridized carbons (Fsp3) is 0.292. The van der Waals surface area contributed by atoms with Crippen molar-refractivity contribution in [3.8, 4) is 17.2 Å². The third-order valence-corrected chi connectivity index (χ3v) is 5.94. The van der Waals surface area contributed by atoms with Gasteiger partial charge in [-0.25, -0.2) is 0 Å². The maximum atomic E-state index is 6.55. The van der Waals surface area contributed by atoms with E-state index >= 15 is 0 Å². The number of pyridine rings is 1. The highest BCUT2D eigenvalue weighted by Crippen LogP contribution is 2.42. The number of fused-ring (bicyclic) bond motifs is 2. The van der Waals surface area contributed by atoms with Gasteiger partial charge in [-0.3, -0.25) is 4.98 Å². The van der Waals surface area contributed by atoms with Crippen molar-refractivity contribution >= 4 is 28.2 Å². The van der Waals surface area contributed by atoms with Gasteiger partial charge >= 0.3 is 0 Å². The normalized spacial score (nSPS) is 17.6. The second-order valence-corrected chi connectivity index (χ2v) is 7.81. The van der Waals surface area contributed by atoms with Crippen LogP contribution in [0.4, 0.5) is 11.4 Å². The fourth-order valence-corrected chi connectivity index (χ4v) is 4.35. The number of rotatable bonds is 5. The van der Waals surface area contributed by atoms with Crippen molar-refractivity contribution in [1.29, 1.82) is 0 Å². The lowest BCUT2D eigenvalue weighted by atomic mass is 9.95. The van der Waals surface area contributed by atoms with E-state index in [4.69, 9.17) is 19.9 Å². The molecule has 0 spiro atoms. The second-order valence-electron chi connectivity index (χ2n) is 7.81. The van der Waals surface area contributed by atoms with Gasteiger partial charge in [-0.2, -0.15) is 0 Å². The first-order valence-electron chi connectivity index (χ1n) is 10.4. The van der Waals surface area contributed by atoms with Gasteiger partial charge in [-0.1, -0.05) is 0 Å². The summed E-state index contributed by atoms with van der Waals surface area (Å²) < 4.78 is 17.2. The molecule has 0 aliphatic carbocycles. The highest BCUT2D eigenvalue weighted by Gasteiger charge is 2.21. The Morgan fingerprint density at radius 3 is 2.81 bits per heavy atom. The molecule has 0 radical (unpaired) electrons. The van der Waals surface area contributed by atoms with Gasteiger partial charge in [-0.05, 0) is 42.8 Å². The standard InChI is InChI=1S/C24H26N4O3/c1-29-22-4-3-20-21(24(22)30-2)9-15-14-28(8-6-19(15)23(20)25)16-10-18(13-27-11-16)31-17-5-7-26-12-17/h3-4,6,8-11,13,17,26H,5,7,12,14,25H2,1-2H3/t17-/m1/s1. The van der Waals surface area contributed by atoms with E-state index in [-0.39, 0.29) is 6.10 Å². The molecule has 160 valence electrons. The molecule has 7 nitrogen and oxygen atoms in total. The Bertz CT molecular complexity index is 1160. The zero-order valence-electron chi connectivity index (χ0n) is 17.7. The van der Waals surface area contributed by atoms with Crippen molar-refractivity contribution in [3.63, 3.8) is 0 Å². The van der Waals surface area contributed by atoms with Crippen molar-refractivity contribution in [3.05, 3.63) is 54.0 Å². The van der Waals surface area contributed by atoms with Crippen LogP contribution in [0.5, 0.6) is 17.2 Å². The monoisotopic (exact) mass is 418 g/mol. The minimum absolute atomic E-state index is 0.197. The first kappa shape index (κ1) is 19.5. The summed E-state index contributed by atoms with van der Waals surface area (Å²) in [6.45, 7) is 2.54. The third kappa shape index (κ3) is 3.51. The molecule has 1 atom stereocenters. The van der Waals surface area contributed by atoms with E-state index in [0.717, 1.165) is 58.5 Å². The summed E-state index contributed by atoms with van der Waals surface area (Å²) in [4.78, 5) is 6.54. The maximum absolute atomic E-state index is 6.55. The lowest BCUT2D eigenvalue weighted by molar-refractivity contribution is 0.222. The van der Waals surface area contributed by atoms with E-state index < -0.39 is 0 Å². The topological polar surface area (TPSA) is 81.9 Å². The zero-order chi connectivity index (χ0) is 21.4. The highest BCUT2D eigenvalue weighted by molar-refractivity contribution is 6.03. The lowest BCUT2D eigenvalue weighted by Gasteiger charge is -2.27. The van der Waals surface area contributed by atoms with Crippen molar-refractivity contribution in [2.45, 2.75) is 19.1 Å². The number of nitrogen functional groups attached to an aromatic ring is 1. The van der Waals surface area contributed by atoms with E-state index in [9.17, 15) is 0 Å². The van der Waals surface area contributed by atoms with Gasteiger partial charge in [0.25, 0.3) is 0 Å². The molecular formula is C24H26N4O3. The molecule has 0 unspecified atom stereocenters. The highest BCUT2D eigenvalue weighted by atomic mass is 16.5. The fourth-order valence-electron chi connectivity index (χ4n) is 4.35. The summed E-state index contributed by atoms with van der Waals surface area (Å²) >= 11 is 0. The number of nitrogens with one attached hydrogen (secondary N) is 1. The molecule has 5 rings (SSSR count). The average Bonchev–Trinajstić information content (AvgIpc) is 3.31. The quantitative estimate of drug-likeness (QED) is 0.613. The number of nitrogens with zero attached hydrogens (tertiary/aromatic N) is 2. The third-order valence-electron chi connectivity index (χ3n) is 5.94. The van der Waals surface area contributed by atoms with Crippen LogP contribution in [-0.2, 0) is 6.54 Å². The number of methoxy groups -OCH3 is 2. The molecular weight excluding hydrogens is 392 g/mol. The lowest BCUT2D eigenvalue weighted by Crippen LogP contribution is -2.21. The maximum Gasteiger partial charge on any atom is 0.168 e. The van der Waals surface area contributed by atoms with E-state index in [1.807, 2.05) is 30.6 Å². The van der Waals surface area contributed by atoms with Gasteiger partial charge in [0.1, 0.15) is 11.9 Å². The number of hydrogen-bond acceptors (Lipinski definition) is 7. The average molecular weight is 418 g/mol. The summed E-state index contributed by atoms with van der Waals surface area (Å²) in [5.41, 5.74) is 10.4. The number of ether oxygens (including phenoxy) is 3. The molecule has 1 saturated heterocycles. The van der Waals surface area contributed by atoms with Crippen LogP contribution in [0.3, 0.4) is 0 Å². The van der Waals surface area contributed by atoms with Gasteiger partial charge in [0.2, 0.25) is 0 Å². The Kier molecular flexibility index (Phi) is 5.03. The summed E-state index contributed by atoms with van der Waals surface area (Å²) in [7, 11) is 3.29. The van der Waals surface area contributed by atoms with Gasteiger partial charge in [0.15, 0.2) is 11.5 Å². The van der Waals surface area contributed by atoms with Gasteiger partial charge < -0.3 is 30.2 Å². The van der Waals surface area contributed by atoms with Gasteiger partial charge in [-0.15, -0.1) is 0 Å². The first-order chi connectivity index (χ1) is 15.2. The minimum atomic E-state index is 0.197. The Balaban J connectivity index is 1.49. The molecule has 2 aliphatic heterocycles. The summed E-state index contributed by atoms with van der Waals surface area (Å²) in [6, 6.07) is 8.04. The molecule has 0 amide bonds. The number of hydrogen-bond donors (Lipinski definition) is 2. The van der Waals surface area contributed by atoms with Crippen LogP contribution in [-0.4, -0.2) is 38.4 Å². The summed E-state index contributed by atoms with van der Waals surface area (Å²) in [5.74, 6) is 2.17. The van der Waals surface area contributed by atoms with Crippen molar-refractivity contribution in [1.82, 2.24) is 10.3 Å². The molecule has 7 heteroatoms. The molecule has 1 fully saturated rings. The van der Waals surface area contributed by atoms with E-state index in [1.165, 1.54) is 0 Å². The van der Waals surface area contributed by atoms with E-state index in [2.05, 4.69) is 27.3 Å². The van der Waals surface area contributed by atoms with Crippen LogP contribution in [0.2, 0.25) is 0 Å². The molecule has 3 N–H and O–H groups in total. The van der Waals surface area contributed by atoms with Crippen LogP contribution in [0, 0.1) is 0 Å². The number of anilines is 2. The molecule has 1 aromatic heterocycles.